The highest BCUT2D eigenvalue weighted by atomic mass is 16.3. The first-order valence-electron chi connectivity index (χ1n) is 10.1. The summed E-state index contributed by atoms with van der Waals surface area (Å²) in [7, 11) is 0. The zero-order valence-corrected chi connectivity index (χ0v) is 16.8. The van der Waals surface area contributed by atoms with Gasteiger partial charge in [0, 0.05) is 27.9 Å². The number of furan rings is 1. The Bertz CT molecular complexity index is 1420. The number of aromatic nitrogens is 1. The van der Waals surface area contributed by atoms with Crippen molar-refractivity contribution >= 4 is 21.9 Å². The lowest BCUT2D eigenvalue weighted by atomic mass is 9.82. The van der Waals surface area contributed by atoms with Gasteiger partial charge in [-0.3, -0.25) is 4.98 Å². The van der Waals surface area contributed by atoms with Crippen molar-refractivity contribution in [2.45, 2.75) is 26.2 Å². The van der Waals surface area contributed by atoms with Crippen molar-refractivity contribution in [2.75, 3.05) is 0 Å². The predicted molar refractivity (Wildman–Crippen MR) is 119 cm³/mol. The zero-order chi connectivity index (χ0) is 19.8. The van der Waals surface area contributed by atoms with E-state index < -0.39 is 0 Å². The number of nitrogens with zero attached hydrogens (tertiary/aromatic N) is 1. The van der Waals surface area contributed by atoms with Gasteiger partial charge in [0.1, 0.15) is 11.2 Å². The van der Waals surface area contributed by atoms with Gasteiger partial charge in [0.05, 0.1) is 5.69 Å². The zero-order valence-electron chi connectivity index (χ0n) is 16.8. The lowest BCUT2D eigenvalue weighted by molar-refractivity contribution is 0.647. The third kappa shape index (κ3) is 2.14. The predicted octanol–water partition coefficient (Wildman–Crippen LogP) is 7.26. The number of fused-ring (bicyclic) bond motifs is 6. The molecule has 1 aliphatic rings. The Morgan fingerprint density at radius 3 is 2.45 bits per heavy atom. The van der Waals surface area contributed by atoms with E-state index in [1.165, 1.54) is 33.2 Å². The summed E-state index contributed by atoms with van der Waals surface area (Å²) in [6.07, 6.45) is 1.84. The molecule has 0 bridgehead atoms. The van der Waals surface area contributed by atoms with Crippen molar-refractivity contribution in [2.24, 2.45) is 0 Å². The molecule has 1 aliphatic carbocycles. The van der Waals surface area contributed by atoms with Crippen LogP contribution in [-0.4, -0.2) is 4.98 Å². The van der Waals surface area contributed by atoms with Crippen molar-refractivity contribution < 1.29 is 4.42 Å². The molecule has 0 saturated heterocycles. The molecule has 6 rings (SSSR count). The molecule has 0 atom stereocenters. The third-order valence-corrected chi connectivity index (χ3v) is 6.47. The molecule has 2 heteroatoms. The number of pyridine rings is 1. The molecule has 2 heterocycles. The molecule has 0 unspecified atom stereocenters. The fourth-order valence-corrected chi connectivity index (χ4v) is 4.96. The summed E-state index contributed by atoms with van der Waals surface area (Å²) in [4.78, 5) is 4.59. The number of rotatable bonds is 1. The van der Waals surface area contributed by atoms with Gasteiger partial charge in [0.15, 0.2) is 0 Å². The molecule has 29 heavy (non-hydrogen) atoms. The average Bonchev–Trinajstić information content (AvgIpc) is 3.20. The molecular formula is C27H21NO. The Hall–Kier alpha value is -3.39. The SMILES string of the molecule is Cc1ccc2c(oc3cc4c(cc32)-c2ccccc2C4(C)C)c1-c1ccccn1. The smallest absolute Gasteiger partial charge is 0.145 e. The Morgan fingerprint density at radius 1 is 0.793 bits per heavy atom. The Labute approximate surface area is 169 Å². The van der Waals surface area contributed by atoms with Crippen molar-refractivity contribution in [1.82, 2.24) is 4.98 Å². The number of hydrogen-bond acceptors (Lipinski definition) is 2. The minimum Gasteiger partial charge on any atom is -0.455 e. The molecule has 0 amide bonds. The van der Waals surface area contributed by atoms with Gasteiger partial charge in [0.2, 0.25) is 0 Å². The lowest BCUT2D eigenvalue weighted by Crippen LogP contribution is -2.14. The highest BCUT2D eigenvalue weighted by Crippen LogP contribution is 2.51. The maximum Gasteiger partial charge on any atom is 0.145 e. The largest absolute Gasteiger partial charge is 0.455 e. The van der Waals surface area contributed by atoms with E-state index in [1.54, 1.807) is 0 Å². The number of hydrogen-bond donors (Lipinski definition) is 0. The molecule has 0 saturated carbocycles. The van der Waals surface area contributed by atoms with Crippen LogP contribution in [0.2, 0.25) is 0 Å². The number of benzene rings is 3. The van der Waals surface area contributed by atoms with E-state index in [-0.39, 0.29) is 5.41 Å². The second-order valence-corrected chi connectivity index (χ2v) is 8.52. The van der Waals surface area contributed by atoms with Crippen molar-refractivity contribution in [3.8, 4) is 22.4 Å². The Balaban J connectivity index is 1.71. The molecule has 3 aromatic carbocycles. The van der Waals surface area contributed by atoms with Crippen molar-refractivity contribution in [3.63, 3.8) is 0 Å². The van der Waals surface area contributed by atoms with Gasteiger partial charge in [-0.25, -0.2) is 0 Å². The van der Waals surface area contributed by atoms with E-state index in [4.69, 9.17) is 4.42 Å². The second-order valence-electron chi connectivity index (χ2n) is 8.52. The monoisotopic (exact) mass is 375 g/mol. The van der Waals surface area contributed by atoms with E-state index in [0.717, 1.165) is 27.8 Å². The van der Waals surface area contributed by atoms with Gasteiger partial charge in [-0.15, -0.1) is 0 Å². The Kier molecular flexibility index (Phi) is 3.18. The first-order valence-corrected chi connectivity index (χ1v) is 10.1. The number of aryl methyl sites for hydroxylation is 1. The van der Waals surface area contributed by atoms with Crippen molar-refractivity contribution in [3.05, 3.63) is 89.6 Å². The molecule has 0 radical (unpaired) electrons. The van der Waals surface area contributed by atoms with Crippen LogP contribution in [0.5, 0.6) is 0 Å². The second kappa shape index (κ2) is 5.57. The van der Waals surface area contributed by atoms with E-state index in [9.17, 15) is 0 Å². The molecule has 0 aliphatic heterocycles. The summed E-state index contributed by atoms with van der Waals surface area (Å²) in [5, 5.41) is 2.32. The average molecular weight is 375 g/mol. The fraction of sp³-hybridized carbons (Fsp3) is 0.148. The van der Waals surface area contributed by atoms with Crippen LogP contribution in [0.4, 0.5) is 0 Å². The van der Waals surface area contributed by atoms with E-state index in [1.807, 2.05) is 24.4 Å². The van der Waals surface area contributed by atoms with Gasteiger partial charge in [-0.2, -0.15) is 0 Å². The van der Waals surface area contributed by atoms with Gasteiger partial charge in [0.25, 0.3) is 0 Å². The van der Waals surface area contributed by atoms with Crippen LogP contribution in [0.25, 0.3) is 44.3 Å². The summed E-state index contributed by atoms with van der Waals surface area (Å²) in [5.41, 5.74) is 10.4. The third-order valence-electron chi connectivity index (χ3n) is 6.47. The van der Waals surface area contributed by atoms with E-state index >= 15 is 0 Å². The topological polar surface area (TPSA) is 26.0 Å². The fourth-order valence-electron chi connectivity index (χ4n) is 4.96. The molecule has 0 N–H and O–H groups in total. The highest BCUT2D eigenvalue weighted by molar-refractivity contribution is 6.11. The maximum atomic E-state index is 6.50. The minimum atomic E-state index is -0.0289. The summed E-state index contributed by atoms with van der Waals surface area (Å²) >= 11 is 0. The van der Waals surface area contributed by atoms with E-state index in [2.05, 4.69) is 74.3 Å². The van der Waals surface area contributed by atoms with Gasteiger partial charge >= 0.3 is 0 Å². The first kappa shape index (κ1) is 16.6. The van der Waals surface area contributed by atoms with Gasteiger partial charge in [-0.1, -0.05) is 56.3 Å². The summed E-state index contributed by atoms with van der Waals surface area (Å²) in [6.45, 7) is 6.72. The van der Waals surface area contributed by atoms with Crippen LogP contribution in [0, 0.1) is 6.92 Å². The normalized spacial score (nSPS) is 14.3. The standard InChI is InChI=1S/C27H21NO/c1-16-11-12-18-20-14-19-17-8-4-5-9-21(17)27(2,3)22(19)15-24(20)29-26(18)25(16)23-10-6-7-13-28-23/h4-15H,1-3H3. The summed E-state index contributed by atoms with van der Waals surface area (Å²) in [6, 6.07) is 23.7. The minimum absolute atomic E-state index is 0.0289. The molecule has 5 aromatic rings. The van der Waals surface area contributed by atoms with Crippen LogP contribution in [0.1, 0.15) is 30.5 Å². The molecule has 0 fully saturated rings. The maximum absolute atomic E-state index is 6.50. The molecule has 0 spiro atoms. The molecule has 2 nitrogen and oxygen atoms in total. The van der Waals surface area contributed by atoms with Gasteiger partial charge < -0.3 is 4.42 Å². The van der Waals surface area contributed by atoms with Crippen molar-refractivity contribution in [1.29, 1.82) is 0 Å². The quantitative estimate of drug-likeness (QED) is 0.308. The van der Waals surface area contributed by atoms with Crippen LogP contribution >= 0.6 is 0 Å². The molecular weight excluding hydrogens is 354 g/mol. The lowest BCUT2D eigenvalue weighted by Gasteiger charge is -2.21. The summed E-state index contributed by atoms with van der Waals surface area (Å²) in [5.74, 6) is 0. The van der Waals surface area contributed by atoms with Crippen LogP contribution in [0.3, 0.4) is 0 Å². The first-order chi connectivity index (χ1) is 14.1. The van der Waals surface area contributed by atoms with Crippen LogP contribution in [-0.2, 0) is 5.41 Å². The van der Waals surface area contributed by atoms with Crippen LogP contribution in [0.15, 0.2) is 77.3 Å². The van der Waals surface area contributed by atoms with E-state index in [0.29, 0.717) is 0 Å². The van der Waals surface area contributed by atoms with Crippen LogP contribution < -0.4 is 0 Å². The Morgan fingerprint density at radius 2 is 1.62 bits per heavy atom. The van der Waals surface area contributed by atoms with Gasteiger partial charge in [-0.05, 0) is 59.0 Å². The molecule has 140 valence electrons. The molecule has 2 aromatic heterocycles. The summed E-state index contributed by atoms with van der Waals surface area (Å²) < 4.78 is 6.50. The highest BCUT2D eigenvalue weighted by Gasteiger charge is 2.36.